The summed E-state index contributed by atoms with van der Waals surface area (Å²) in [4.78, 5) is 14.7. The topological polar surface area (TPSA) is 86.4 Å². The van der Waals surface area contributed by atoms with Crippen LogP contribution in [-0.4, -0.2) is 59.8 Å². The van der Waals surface area contributed by atoms with Gasteiger partial charge in [-0.25, -0.2) is 0 Å². The lowest BCUT2D eigenvalue weighted by Crippen LogP contribution is -2.47. The molecule has 2 rings (SSSR count). The van der Waals surface area contributed by atoms with Gasteiger partial charge >= 0.3 is 12.0 Å². The molecule has 0 amide bonds. The van der Waals surface area contributed by atoms with Gasteiger partial charge in [0.15, 0.2) is 0 Å². The number of thioether (sulfide) groups is 1. The first-order valence-corrected chi connectivity index (χ1v) is 7.73. The van der Waals surface area contributed by atoms with Crippen LogP contribution in [-0.2, 0) is 0 Å². The molecule has 7 nitrogen and oxygen atoms in total. The van der Waals surface area contributed by atoms with E-state index >= 15 is 0 Å². The van der Waals surface area contributed by atoms with E-state index in [2.05, 4.69) is 26.1 Å². The smallest absolute Gasteiger partial charge is 0.324 e. The maximum atomic E-state index is 5.90. The number of rotatable bonds is 5. The van der Waals surface area contributed by atoms with E-state index in [1.807, 2.05) is 11.8 Å². The van der Waals surface area contributed by atoms with Crippen molar-refractivity contribution in [3.8, 4) is 12.0 Å². The second-order valence-corrected chi connectivity index (χ2v) is 5.96. The van der Waals surface area contributed by atoms with Crippen LogP contribution in [0.4, 0.5) is 5.95 Å². The zero-order valence-electron chi connectivity index (χ0n) is 12.1. The summed E-state index contributed by atoms with van der Waals surface area (Å²) in [6.45, 7) is 2.44. The molecule has 0 unspecified atom stereocenters. The minimum absolute atomic E-state index is 0.178. The third kappa shape index (κ3) is 3.06. The zero-order valence-corrected chi connectivity index (χ0v) is 12.9. The van der Waals surface area contributed by atoms with Crippen molar-refractivity contribution < 1.29 is 9.47 Å². The minimum atomic E-state index is 0.178. The van der Waals surface area contributed by atoms with E-state index in [0.717, 1.165) is 25.9 Å². The van der Waals surface area contributed by atoms with Crippen LogP contribution in [0.15, 0.2) is 0 Å². The normalized spacial score (nSPS) is 17.9. The molecule has 1 fully saturated rings. The van der Waals surface area contributed by atoms with Gasteiger partial charge in [0.1, 0.15) is 0 Å². The van der Waals surface area contributed by atoms with Crippen molar-refractivity contribution in [1.29, 1.82) is 0 Å². The molecule has 1 aromatic rings. The van der Waals surface area contributed by atoms with Crippen LogP contribution in [0.1, 0.15) is 12.8 Å². The summed E-state index contributed by atoms with van der Waals surface area (Å²) in [6.07, 6.45) is 4.15. The quantitative estimate of drug-likeness (QED) is 0.843. The fourth-order valence-electron chi connectivity index (χ4n) is 2.26. The Morgan fingerprint density at radius 2 is 1.70 bits per heavy atom. The third-order valence-corrected chi connectivity index (χ3v) is 5.15. The van der Waals surface area contributed by atoms with E-state index < -0.39 is 0 Å². The number of aromatic nitrogens is 3. The number of nitrogens with two attached hydrogens (primary N) is 1. The maximum absolute atomic E-state index is 5.90. The maximum Gasteiger partial charge on any atom is 0.324 e. The molecule has 0 aliphatic carbocycles. The highest BCUT2D eigenvalue weighted by Gasteiger charge is 2.33. The van der Waals surface area contributed by atoms with Crippen molar-refractivity contribution in [3.05, 3.63) is 0 Å². The molecule has 2 N–H and O–H groups in total. The molecule has 0 saturated carbocycles. The number of piperidine rings is 1. The van der Waals surface area contributed by atoms with Crippen LogP contribution in [0.5, 0.6) is 12.0 Å². The second-order valence-electron chi connectivity index (χ2n) is 4.69. The summed E-state index contributed by atoms with van der Waals surface area (Å²) < 4.78 is 10.3. The molecular formula is C12H21N5O2S. The van der Waals surface area contributed by atoms with Crippen molar-refractivity contribution >= 4 is 17.7 Å². The highest BCUT2D eigenvalue weighted by molar-refractivity contribution is 8.00. The first-order valence-electron chi connectivity index (χ1n) is 6.50. The molecule has 0 aromatic carbocycles. The first kappa shape index (κ1) is 15.1. The predicted octanol–water partition coefficient (Wildman–Crippen LogP) is 0.549. The summed E-state index contributed by atoms with van der Waals surface area (Å²) in [7, 11) is 3.06. The molecule has 20 heavy (non-hydrogen) atoms. The molecule has 0 atom stereocenters. The second kappa shape index (κ2) is 6.45. The van der Waals surface area contributed by atoms with Crippen LogP contribution >= 0.6 is 11.8 Å². The van der Waals surface area contributed by atoms with Crippen LogP contribution in [0.3, 0.4) is 0 Å². The number of anilines is 1. The van der Waals surface area contributed by atoms with Gasteiger partial charge in [-0.3, -0.25) is 0 Å². The van der Waals surface area contributed by atoms with Gasteiger partial charge < -0.3 is 20.1 Å². The lowest BCUT2D eigenvalue weighted by Gasteiger charge is -2.39. The van der Waals surface area contributed by atoms with Gasteiger partial charge in [0.05, 0.1) is 14.2 Å². The number of nitrogens with zero attached hydrogens (tertiary/aromatic N) is 4. The van der Waals surface area contributed by atoms with Crippen molar-refractivity contribution in [2.45, 2.75) is 17.6 Å². The molecule has 112 valence electrons. The van der Waals surface area contributed by atoms with Gasteiger partial charge in [-0.1, -0.05) is 0 Å². The van der Waals surface area contributed by atoms with E-state index in [0.29, 0.717) is 12.5 Å². The summed E-state index contributed by atoms with van der Waals surface area (Å²) in [5.74, 6) is 0.598. The Kier molecular flexibility index (Phi) is 4.87. The SMILES string of the molecule is COc1nc(OC)nc(N2CCC(CN)(SC)CC2)n1. The zero-order chi connectivity index (χ0) is 14.6. The summed E-state index contributed by atoms with van der Waals surface area (Å²) in [5, 5.41) is 0. The Morgan fingerprint density at radius 3 is 2.10 bits per heavy atom. The van der Waals surface area contributed by atoms with E-state index in [9.17, 15) is 0 Å². The van der Waals surface area contributed by atoms with Gasteiger partial charge in [-0.15, -0.1) is 4.98 Å². The molecule has 0 spiro atoms. The van der Waals surface area contributed by atoms with Crippen molar-refractivity contribution in [2.24, 2.45) is 5.73 Å². The number of ether oxygens (including phenoxy) is 2. The van der Waals surface area contributed by atoms with Gasteiger partial charge in [0, 0.05) is 24.4 Å². The van der Waals surface area contributed by atoms with Gasteiger partial charge in [-0.2, -0.15) is 21.7 Å². The monoisotopic (exact) mass is 299 g/mol. The molecule has 1 aromatic heterocycles. The molecule has 1 aliphatic rings. The Bertz CT molecular complexity index is 423. The Balaban J connectivity index is 2.14. The molecule has 8 heteroatoms. The lowest BCUT2D eigenvalue weighted by molar-refractivity contribution is 0.338. The van der Waals surface area contributed by atoms with E-state index in [-0.39, 0.29) is 16.8 Å². The molecule has 1 saturated heterocycles. The molecular weight excluding hydrogens is 278 g/mol. The lowest BCUT2D eigenvalue weighted by atomic mass is 9.96. The minimum Gasteiger partial charge on any atom is -0.467 e. The predicted molar refractivity (Wildman–Crippen MR) is 79.7 cm³/mol. The highest BCUT2D eigenvalue weighted by atomic mass is 32.2. The number of methoxy groups -OCH3 is 2. The average molecular weight is 299 g/mol. The summed E-state index contributed by atoms with van der Waals surface area (Å²) in [5.41, 5.74) is 5.90. The number of hydrogen-bond acceptors (Lipinski definition) is 8. The molecule has 1 aliphatic heterocycles. The molecule has 2 heterocycles. The first-order chi connectivity index (χ1) is 9.66. The van der Waals surface area contributed by atoms with E-state index in [1.165, 1.54) is 14.2 Å². The number of hydrogen-bond donors (Lipinski definition) is 1. The Hall–Kier alpha value is -1.28. The van der Waals surface area contributed by atoms with Crippen LogP contribution < -0.4 is 20.1 Å². The van der Waals surface area contributed by atoms with E-state index in [4.69, 9.17) is 15.2 Å². The van der Waals surface area contributed by atoms with Crippen LogP contribution in [0, 0.1) is 0 Å². The van der Waals surface area contributed by atoms with E-state index in [1.54, 1.807) is 0 Å². The Labute approximate surface area is 123 Å². The van der Waals surface area contributed by atoms with Crippen molar-refractivity contribution in [3.63, 3.8) is 0 Å². The Morgan fingerprint density at radius 1 is 1.15 bits per heavy atom. The van der Waals surface area contributed by atoms with Gasteiger partial charge in [-0.05, 0) is 19.1 Å². The van der Waals surface area contributed by atoms with Gasteiger partial charge in [0.2, 0.25) is 5.95 Å². The summed E-state index contributed by atoms with van der Waals surface area (Å²) >= 11 is 1.85. The third-order valence-electron chi connectivity index (χ3n) is 3.71. The molecule has 0 bridgehead atoms. The van der Waals surface area contributed by atoms with Crippen molar-refractivity contribution in [2.75, 3.05) is 45.0 Å². The van der Waals surface area contributed by atoms with Gasteiger partial charge in [0.25, 0.3) is 0 Å². The largest absolute Gasteiger partial charge is 0.467 e. The fourth-order valence-corrected chi connectivity index (χ4v) is 3.02. The highest BCUT2D eigenvalue weighted by Crippen LogP contribution is 2.34. The summed E-state index contributed by atoms with van der Waals surface area (Å²) in [6, 6.07) is 0.541. The van der Waals surface area contributed by atoms with Crippen molar-refractivity contribution in [1.82, 2.24) is 15.0 Å². The van der Waals surface area contributed by atoms with Crippen LogP contribution in [0.25, 0.3) is 0 Å². The standard InChI is InChI=1S/C12H21N5O2S/c1-18-10-14-9(15-11(16-10)19-2)17-6-4-12(8-13,20-3)5-7-17/h4-8,13H2,1-3H3. The fraction of sp³-hybridized carbons (Fsp3) is 0.750. The molecule has 0 radical (unpaired) electrons. The average Bonchev–Trinajstić information content (AvgIpc) is 2.54. The van der Waals surface area contributed by atoms with Crippen LogP contribution in [0.2, 0.25) is 0 Å².